The van der Waals surface area contributed by atoms with E-state index >= 15 is 0 Å². The van der Waals surface area contributed by atoms with E-state index in [9.17, 15) is 0 Å². The predicted octanol–water partition coefficient (Wildman–Crippen LogP) is 5.09. The summed E-state index contributed by atoms with van der Waals surface area (Å²) in [4.78, 5) is 4.17. The Kier molecular flexibility index (Phi) is 4.67. The zero-order valence-electron chi connectivity index (χ0n) is 10.9. The third kappa shape index (κ3) is 3.62. The lowest BCUT2D eigenvalue weighted by atomic mass is 10.0. The average molecular weight is 296 g/mol. The lowest BCUT2D eigenvalue weighted by Gasteiger charge is -2.14. The molecule has 1 aromatic heterocycles. The van der Waals surface area contributed by atoms with E-state index in [1.54, 1.807) is 12.1 Å². The van der Waals surface area contributed by atoms with Crippen molar-refractivity contribution in [2.75, 3.05) is 0 Å². The molecule has 100 valence electrons. The molecule has 1 heterocycles. The first kappa shape index (κ1) is 14.2. The molecule has 2 aromatic rings. The number of aromatic nitrogens is 1. The van der Waals surface area contributed by atoms with Crippen LogP contribution in [-0.4, -0.2) is 4.98 Å². The normalized spacial score (nSPS) is 10.8. The van der Waals surface area contributed by atoms with Crippen LogP contribution < -0.4 is 4.74 Å². The van der Waals surface area contributed by atoms with Gasteiger partial charge < -0.3 is 4.74 Å². The van der Waals surface area contributed by atoms with Gasteiger partial charge in [0.1, 0.15) is 17.5 Å². The molecule has 0 spiro atoms. The van der Waals surface area contributed by atoms with Gasteiger partial charge >= 0.3 is 0 Å². The van der Waals surface area contributed by atoms with Gasteiger partial charge in [-0.3, -0.25) is 0 Å². The molecule has 0 amide bonds. The largest absolute Gasteiger partial charge is 0.487 e. The molecule has 0 saturated carbocycles. The zero-order chi connectivity index (χ0) is 13.8. The van der Waals surface area contributed by atoms with E-state index in [-0.39, 0.29) is 0 Å². The van der Waals surface area contributed by atoms with Crippen LogP contribution in [0.5, 0.6) is 5.75 Å². The van der Waals surface area contributed by atoms with Crippen molar-refractivity contribution in [1.29, 1.82) is 0 Å². The summed E-state index contributed by atoms with van der Waals surface area (Å²) in [6, 6.07) is 11.4. The molecule has 0 radical (unpaired) electrons. The minimum atomic E-state index is 0.309. The molecule has 0 aliphatic carbocycles. The number of pyridine rings is 1. The zero-order valence-corrected chi connectivity index (χ0v) is 12.4. The van der Waals surface area contributed by atoms with Gasteiger partial charge in [-0.05, 0) is 29.7 Å². The highest BCUT2D eigenvalue weighted by molar-refractivity contribution is 6.32. The molecule has 0 fully saturated rings. The van der Waals surface area contributed by atoms with E-state index in [4.69, 9.17) is 27.9 Å². The molecule has 0 aliphatic rings. The van der Waals surface area contributed by atoms with Gasteiger partial charge in [0, 0.05) is 0 Å². The maximum absolute atomic E-state index is 6.06. The molecular weight excluding hydrogens is 281 g/mol. The Bertz CT molecular complexity index is 570. The van der Waals surface area contributed by atoms with Gasteiger partial charge in [0.05, 0.1) is 10.7 Å². The lowest BCUT2D eigenvalue weighted by molar-refractivity contribution is 0.297. The fourth-order valence-corrected chi connectivity index (χ4v) is 2.12. The Hall–Kier alpha value is -1.25. The Morgan fingerprint density at radius 3 is 2.58 bits per heavy atom. The molecule has 2 rings (SSSR count). The maximum Gasteiger partial charge on any atom is 0.132 e. The Morgan fingerprint density at radius 2 is 1.84 bits per heavy atom. The number of hydrogen-bond donors (Lipinski definition) is 0. The summed E-state index contributed by atoms with van der Waals surface area (Å²) in [6.45, 7) is 4.57. The van der Waals surface area contributed by atoms with Gasteiger partial charge in [-0.25, -0.2) is 4.98 Å². The molecule has 0 unspecified atom stereocenters. The van der Waals surface area contributed by atoms with Gasteiger partial charge in [-0.15, -0.1) is 0 Å². The van der Waals surface area contributed by atoms with Crippen LogP contribution in [-0.2, 0) is 6.61 Å². The van der Waals surface area contributed by atoms with Crippen molar-refractivity contribution in [3.05, 3.63) is 57.8 Å². The number of hydrogen-bond acceptors (Lipinski definition) is 2. The first-order chi connectivity index (χ1) is 9.08. The number of nitrogens with zero attached hydrogens (tertiary/aromatic N) is 1. The minimum Gasteiger partial charge on any atom is -0.487 e. The van der Waals surface area contributed by atoms with Crippen LogP contribution in [0.4, 0.5) is 0 Å². The molecule has 2 nitrogen and oxygen atoms in total. The fraction of sp³-hybridized carbons (Fsp3) is 0.267. The Labute approximate surface area is 123 Å². The Balaban J connectivity index is 2.17. The van der Waals surface area contributed by atoms with Crippen LogP contribution >= 0.6 is 23.2 Å². The van der Waals surface area contributed by atoms with Gasteiger partial charge in [0.25, 0.3) is 0 Å². The fourth-order valence-electron chi connectivity index (χ4n) is 1.79. The molecule has 0 N–H and O–H groups in total. The summed E-state index contributed by atoms with van der Waals surface area (Å²) < 4.78 is 5.81. The summed E-state index contributed by atoms with van der Waals surface area (Å²) in [5.74, 6) is 1.26. The van der Waals surface area contributed by atoms with Gasteiger partial charge in [-0.2, -0.15) is 0 Å². The van der Waals surface area contributed by atoms with Crippen LogP contribution in [0.3, 0.4) is 0 Å². The predicted molar refractivity (Wildman–Crippen MR) is 79.1 cm³/mol. The molecule has 0 atom stereocenters. The standard InChI is InChI=1S/C15H15Cl2NO/c1-10(2)11-5-3-4-6-14(11)19-9-13-12(16)7-8-15(17)18-13/h3-8,10H,9H2,1-2H3. The van der Waals surface area contributed by atoms with Crippen LogP contribution in [0.2, 0.25) is 10.2 Å². The van der Waals surface area contributed by atoms with E-state index in [1.165, 1.54) is 5.56 Å². The quantitative estimate of drug-likeness (QED) is 0.733. The lowest BCUT2D eigenvalue weighted by Crippen LogP contribution is -2.02. The topological polar surface area (TPSA) is 22.1 Å². The van der Waals surface area contributed by atoms with Crippen molar-refractivity contribution in [1.82, 2.24) is 4.98 Å². The van der Waals surface area contributed by atoms with E-state index < -0.39 is 0 Å². The van der Waals surface area contributed by atoms with Crippen LogP contribution in [0.15, 0.2) is 36.4 Å². The Morgan fingerprint density at radius 1 is 1.11 bits per heavy atom. The molecule has 0 saturated heterocycles. The highest BCUT2D eigenvalue weighted by Crippen LogP contribution is 2.27. The second kappa shape index (κ2) is 6.27. The number of benzene rings is 1. The van der Waals surface area contributed by atoms with E-state index in [0.29, 0.717) is 28.4 Å². The summed E-state index contributed by atoms with van der Waals surface area (Å²) in [6.07, 6.45) is 0. The van der Waals surface area contributed by atoms with Crippen LogP contribution in [0.25, 0.3) is 0 Å². The van der Waals surface area contributed by atoms with E-state index in [2.05, 4.69) is 24.9 Å². The van der Waals surface area contributed by atoms with E-state index in [1.807, 2.05) is 18.2 Å². The number of halogens is 2. The molecule has 1 aromatic carbocycles. The highest BCUT2D eigenvalue weighted by Gasteiger charge is 2.09. The van der Waals surface area contributed by atoms with Gasteiger partial charge in [-0.1, -0.05) is 55.2 Å². The highest BCUT2D eigenvalue weighted by atomic mass is 35.5. The van der Waals surface area contributed by atoms with E-state index in [0.717, 1.165) is 5.75 Å². The second-order valence-electron chi connectivity index (χ2n) is 4.54. The second-order valence-corrected chi connectivity index (χ2v) is 5.34. The van der Waals surface area contributed by atoms with Gasteiger partial charge in [0.15, 0.2) is 0 Å². The average Bonchev–Trinajstić information content (AvgIpc) is 2.40. The third-order valence-corrected chi connectivity index (χ3v) is 3.34. The minimum absolute atomic E-state index is 0.309. The number of para-hydroxylation sites is 1. The van der Waals surface area contributed by atoms with Crippen molar-refractivity contribution >= 4 is 23.2 Å². The number of ether oxygens (including phenoxy) is 1. The maximum atomic E-state index is 6.06. The summed E-state index contributed by atoms with van der Waals surface area (Å²) in [5, 5.41) is 0.978. The first-order valence-corrected chi connectivity index (χ1v) is 6.86. The molecular formula is C15H15Cl2NO. The number of rotatable bonds is 4. The van der Waals surface area contributed by atoms with Crippen LogP contribution in [0.1, 0.15) is 31.0 Å². The monoisotopic (exact) mass is 295 g/mol. The van der Waals surface area contributed by atoms with Crippen molar-refractivity contribution in [2.45, 2.75) is 26.4 Å². The smallest absolute Gasteiger partial charge is 0.132 e. The van der Waals surface area contributed by atoms with Crippen molar-refractivity contribution in [2.24, 2.45) is 0 Å². The molecule has 19 heavy (non-hydrogen) atoms. The van der Waals surface area contributed by atoms with Gasteiger partial charge in [0.2, 0.25) is 0 Å². The first-order valence-electron chi connectivity index (χ1n) is 6.10. The SMILES string of the molecule is CC(C)c1ccccc1OCc1nc(Cl)ccc1Cl. The summed E-state index contributed by atoms with van der Waals surface area (Å²) >= 11 is 11.9. The summed E-state index contributed by atoms with van der Waals surface area (Å²) in [5.41, 5.74) is 1.81. The van der Waals surface area contributed by atoms with Crippen molar-refractivity contribution in [3.8, 4) is 5.75 Å². The third-order valence-electron chi connectivity index (χ3n) is 2.79. The van der Waals surface area contributed by atoms with Crippen LogP contribution in [0, 0.1) is 0 Å². The molecule has 0 bridgehead atoms. The van der Waals surface area contributed by atoms with Crippen molar-refractivity contribution in [3.63, 3.8) is 0 Å². The summed E-state index contributed by atoms with van der Waals surface area (Å²) in [7, 11) is 0. The molecule has 4 heteroatoms. The molecule has 0 aliphatic heterocycles. The van der Waals surface area contributed by atoms with Crippen molar-refractivity contribution < 1.29 is 4.74 Å².